The molecule has 1 aliphatic rings. The second-order valence-corrected chi connectivity index (χ2v) is 5.48. The van der Waals surface area contributed by atoms with Crippen LogP contribution in [0.1, 0.15) is 45.6 Å². The van der Waals surface area contributed by atoms with Crippen molar-refractivity contribution in [3.63, 3.8) is 0 Å². The maximum atomic E-state index is 12.7. The smallest absolute Gasteiger partial charge is 0.250 e. The Balaban J connectivity index is 2.46. The molecule has 1 aromatic carbocycles. The van der Waals surface area contributed by atoms with Crippen molar-refractivity contribution in [2.75, 3.05) is 4.90 Å². The molecule has 4 heteroatoms. The number of carbonyl (C=O) groups is 2. The average molecular weight is 288 g/mol. The van der Waals surface area contributed by atoms with Gasteiger partial charge in [-0.05, 0) is 30.9 Å². The van der Waals surface area contributed by atoms with E-state index in [0.717, 1.165) is 24.1 Å². The first-order chi connectivity index (χ1) is 10.1. The number of aryl methyl sites for hydroxylation is 1. The van der Waals surface area contributed by atoms with Crippen LogP contribution in [0.15, 0.2) is 24.3 Å². The molecular weight excluding hydrogens is 264 g/mol. The minimum Gasteiger partial charge on any atom is -0.342 e. The van der Waals surface area contributed by atoms with Crippen molar-refractivity contribution in [1.29, 1.82) is 0 Å². The number of rotatable bonds is 5. The van der Waals surface area contributed by atoms with Crippen LogP contribution in [0.5, 0.6) is 0 Å². The summed E-state index contributed by atoms with van der Waals surface area (Å²) in [6.07, 6.45) is 3.16. The van der Waals surface area contributed by atoms with E-state index in [9.17, 15) is 9.59 Å². The fourth-order valence-electron chi connectivity index (χ4n) is 2.93. The zero-order valence-corrected chi connectivity index (χ0v) is 13.1. The van der Waals surface area contributed by atoms with Gasteiger partial charge in [0.2, 0.25) is 11.8 Å². The summed E-state index contributed by atoms with van der Waals surface area (Å²) in [5.41, 5.74) is 2.03. The van der Waals surface area contributed by atoms with Gasteiger partial charge in [0, 0.05) is 5.69 Å². The Hall–Kier alpha value is -1.84. The van der Waals surface area contributed by atoms with Crippen LogP contribution in [0.3, 0.4) is 0 Å². The van der Waals surface area contributed by atoms with E-state index in [0.29, 0.717) is 12.8 Å². The van der Waals surface area contributed by atoms with Gasteiger partial charge in [-0.1, -0.05) is 45.4 Å². The number of amides is 2. The number of hydrogen-bond acceptors (Lipinski definition) is 2. The maximum Gasteiger partial charge on any atom is 0.250 e. The van der Waals surface area contributed by atoms with E-state index in [1.165, 1.54) is 0 Å². The molecule has 114 valence electrons. The van der Waals surface area contributed by atoms with Gasteiger partial charge in [-0.15, -0.1) is 0 Å². The molecule has 2 amide bonds. The molecule has 21 heavy (non-hydrogen) atoms. The van der Waals surface area contributed by atoms with Gasteiger partial charge in [0.1, 0.15) is 12.1 Å². The molecule has 0 aromatic heterocycles. The average Bonchev–Trinajstić information content (AvgIpc) is 2.50. The Morgan fingerprint density at radius 1 is 1.10 bits per heavy atom. The third-order valence-electron chi connectivity index (χ3n) is 4.03. The lowest BCUT2D eigenvalue weighted by molar-refractivity contribution is -0.134. The second kappa shape index (κ2) is 6.74. The number of para-hydroxylation sites is 1. The summed E-state index contributed by atoms with van der Waals surface area (Å²) in [5.74, 6) is -0.0391. The number of benzene rings is 1. The van der Waals surface area contributed by atoms with E-state index in [2.05, 4.69) is 12.2 Å². The normalized spacial score (nSPS) is 22.3. The number of nitrogens with one attached hydrogen (secondary N) is 1. The van der Waals surface area contributed by atoms with Gasteiger partial charge < -0.3 is 5.32 Å². The molecule has 1 aromatic rings. The largest absolute Gasteiger partial charge is 0.342 e. The van der Waals surface area contributed by atoms with E-state index in [1.54, 1.807) is 4.90 Å². The van der Waals surface area contributed by atoms with Crippen molar-refractivity contribution in [3.05, 3.63) is 29.8 Å². The van der Waals surface area contributed by atoms with Crippen LogP contribution >= 0.6 is 0 Å². The molecule has 1 saturated heterocycles. The lowest BCUT2D eigenvalue weighted by Crippen LogP contribution is -2.63. The van der Waals surface area contributed by atoms with Crippen LogP contribution in [-0.4, -0.2) is 23.9 Å². The lowest BCUT2D eigenvalue weighted by Gasteiger charge is -2.39. The Kier molecular flexibility index (Phi) is 4.99. The molecule has 1 fully saturated rings. The Labute approximate surface area is 126 Å². The Morgan fingerprint density at radius 2 is 1.81 bits per heavy atom. The van der Waals surface area contributed by atoms with Gasteiger partial charge in [0.05, 0.1) is 0 Å². The monoisotopic (exact) mass is 288 g/mol. The summed E-state index contributed by atoms with van der Waals surface area (Å²) in [5, 5.41) is 2.84. The molecule has 1 heterocycles. The molecule has 0 spiro atoms. The number of piperazine rings is 1. The minimum absolute atomic E-state index is 0.00695. The van der Waals surface area contributed by atoms with Crippen molar-refractivity contribution in [1.82, 2.24) is 5.32 Å². The van der Waals surface area contributed by atoms with Gasteiger partial charge in [0.15, 0.2) is 0 Å². The zero-order chi connectivity index (χ0) is 15.4. The van der Waals surface area contributed by atoms with Crippen molar-refractivity contribution in [2.45, 2.75) is 58.5 Å². The molecular formula is C17H24N2O2. The highest BCUT2D eigenvalue weighted by molar-refractivity contribution is 6.08. The van der Waals surface area contributed by atoms with Crippen LogP contribution in [0.2, 0.25) is 0 Å². The highest BCUT2D eigenvalue weighted by Crippen LogP contribution is 2.28. The molecule has 2 atom stereocenters. The molecule has 0 bridgehead atoms. The summed E-state index contributed by atoms with van der Waals surface area (Å²) < 4.78 is 0. The first-order valence-electron chi connectivity index (χ1n) is 7.85. The van der Waals surface area contributed by atoms with Crippen molar-refractivity contribution in [2.24, 2.45) is 0 Å². The summed E-state index contributed by atoms with van der Waals surface area (Å²) in [6.45, 7) is 5.98. The topological polar surface area (TPSA) is 49.4 Å². The zero-order valence-electron chi connectivity index (χ0n) is 13.1. The Bertz CT molecular complexity index is 527. The summed E-state index contributed by atoms with van der Waals surface area (Å²) in [7, 11) is 0. The quantitative estimate of drug-likeness (QED) is 0.905. The van der Waals surface area contributed by atoms with Crippen LogP contribution in [0.25, 0.3) is 0 Å². The van der Waals surface area contributed by atoms with Gasteiger partial charge in [0.25, 0.3) is 0 Å². The van der Waals surface area contributed by atoms with Crippen LogP contribution in [0.4, 0.5) is 5.69 Å². The summed E-state index contributed by atoms with van der Waals surface area (Å²) in [6, 6.07) is 7.11. The van der Waals surface area contributed by atoms with Crippen molar-refractivity contribution < 1.29 is 9.59 Å². The van der Waals surface area contributed by atoms with Crippen molar-refractivity contribution >= 4 is 17.5 Å². The Morgan fingerprint density at radius 3 is 2.43 bits per heavy atom. The van der Waals surface area contributed by atoms with Crippen LogP contribution in [0, 0.1) is 0 Å². The lowest BCUT2D eigenvalue weighted by atomic mass is 9.99. The maximum absolute atomic E-state index is 12.7. The molecule has 2 unspecified atom stereocenters. The second-order valence-electron chi connectivity index (χ2n) is 5.48. The fourth-order valence-corrected chi connectivity index (χ4v) is 2.93. The first kappa shape index (κ1) is 15.5. The first-order valence-corrected chi connectivity index (χ1v) is 7.85. The van der Waals surface area contributed by atoms with Gasteiger partial charge in [-0.3, -0.25) is 14.5 Å². The van der Waals surface area contributed by atoms with Crippen LogP contribution in [-0.2, 0) is 16.0 Å². The predicted octanol–water partition coefficient (Wildman–Crippen LogP) is 2.66. The molecule has 4 nitrogen and oxygen atoms in total. The predicted molar refractivity (Wildman–Crippen MR) is 84.2 cm³/mol. The van der Waals surface area contributed by atoms with Gasteiger partial charge >= 0.3 is 0 Å². The molecule has 0 saturated carbocycles. The SMILES string of the molecule is CCCc1ccccc1N1C(=O)C(CC)NC(=O)C1CC. The van der Waals surface area contributed by atoms with Crippen LogP contribution < -0.4 is 10.2 Å². The van der Waals surface area contributed by atoms with E-state index in [4.69, 9.17) is 0 Å². The number of anilines is 1. The van der Waals surface area contributed by atoms with E-state index in [1.807, 2.05) is 38.1 Å². The van der Waals surface area contributed by atoms with Crippen molar-refractivity contribution in [3.8, 4) is 0 Å². The van der Waals surface area contributed by atoms with Gasteiger partial charge in [-0.2, -0.15) is 0 Å². The number of carbonyl (C=O) groups excluding carboxylic acids is 2. The summed E-state index contributed by atoms with van der Waals surface area (Å²) in [4.78, 5) is 26.7. The van der Waals surface area contributed by atoms with E-state index >= 15 is 0 Å². The fraction of sp³-hybridized carbons (Fsp3) is 0.529. The molecule has 0 aliphatic carbocycles. The molecule has 1 N–H and O–H groups in total. The third kappa shape index (κ3) is 2.94. The molecule has 1 aliphatic heterocycles. The highest BCUT2D eigenvalue weighted by Gasteiger charge is 2.40. The molecule has 2 rings (SSSR count). The highest BCUT2D eigenvalue weighted by atomic mass is 16.2. The van der Waals surface area contributed by atoms with Gasteiger partial charge in [-0.25, -0.2) is 0 Å². The third-order valence-corrected chi connectivity index (χ3v) is 4.03. The van der Waals surface area contributed by atoms with E-state index < -0.39 is 12.1 Å². The summed E-state index contributed by atoms with van der Waals surface area (Å²) >= 11 is 0. The van der Waals surface area contributed by atoms with E-state index in [-0.39, 0.29) is 11.8 Å². The number of hydrogen-bond donors (Lipinski definition) is 1. The number of nitrogens with zero attached hydrogens (tertiary/aromatic N) is 1. The standard InChI is InChI=1S/C17H24N2O2/c1-4-9-12-10-7-8-11-15(12)19-14(6-3)16(20)18-13(5-2)17(19)21/h7-8,10-11,13-14H,4-6,9H2,1-3H3,(H,18,20). The minimum atomic E-state index is -0.407. The molecule has 0 radical (unpaired) electrons.